The summed E-state index contributed by atoms with van der Waals surface area (Å²) in [7, 11) is 0. The second kappa shape index (κ2) is 5.35. The van der Waals surface area contributed by atoms with Gasteiger partial charge in [-0.1, -0.05) is 41.4 Å². The summed E-state index contributed by atoms with van der Waals surface area (Å²) in [6.07, 6.45) is 0. The standard InChI is InChI=1S/C15H12Cl2N2O/c16-11-6-5-10(7-12(11)17)9-19-14-4-2-1-3-13(14)18-8-15(19)20/h1-7,18H,8-9H2. The predicted molar refractivity (Wildman–Crippen MR) is 82.6 cm³/mol. The number of hydrogen-bond donors (Lipinski definition) is 1. The first-order chi connectivity index (χ1) is 9.65. The van der Waals surface area contributed by atoms with Gasteiger partial charge in [-0.05, 0) is 29.8 Å². The van der Waals surface area contributed by atoms with Crippen LogP contribution in [0, 0.1) is 0 Å². The SMILES string of the molecule is O=C1CNc2ccccc2N1Cc1ccc(Cl)c(Cl)c1. The van der Waals surface area contributed by atoms with E-state index in [0.29, 0.717) is 23.1 Å². The van der Waals surface area contributed by atoms with Crippen LogP contribution in [0.5, 0.6) is 0 Å². The Balaban J connectivity index is 1.93. The lowest BCUT2D eigenvalue weighted by atomic mass is 10.1. The topological polar surface area (TPSA) is 32.3 Å². The highest BCUT2D eigenvalue weighted by atomic mass is 35.5. The van der Waals surface area contributed by atoms with Crippen molar-refractivity contribution >= 4 is 40.5 Å². The van der Waals surface area contributed by atoms with Gasteiger partial charge < -0.3 is 10.2 Å². The van der Waals surface area contributed by atoms with Crippen molar-refractivity contribution in [2.75, 3.05) is 16.8 Å². The zero-order valence-electron chi connectivity index (χ0n) is 10.6. The minimum absolute atomic E-state index is 0.0368. The number of hydrogen-bond acceptors (Lipinski definition) is 2. The molecule has 1 N–H and O–H groups in total. The van der Waals surface area contributed by atoms with Crippen molar-refractivity contribution in [1.82, 2.24) is 0 Å². The van der Waals surface area contributed by atoms with Crippen molar-refractivity contribution in [3.8, 4) is 0 Å². The summed E-state index contributed by atoms with van der Waals surface area (Å²) in [5.41, 5.74) is 2.80. The Bertz CT molecular complexity index is 673. The Morgan fingerprint density at radius 2 is 1.90 bits per heavy atom. The highest BCUT2D eigenvalue weighted by Crippen LogP contribution is 2.31. The third-order valence-corrected chi connectivity index (χ3v) is 3.99. The largest absolute Gasteiger partial charge is 0.374 e. The van der Waals surface area contributed by atoms with Gasteiger partial charge in [0.05, 0.1) is 34.5 Å². The Morgan fingerprint density at radius 3 is 2.70 bits per heavy atom. The molecule has 3 nitrogen and oxygen atoms in total. The summed E-state index contributed by atoms with van der Waals surface area (Å²) in [5, 5.41) is 4.13. The molecule has 0 aromatic heterocycles. The Morgan fingerprint density at radius 1 is 1.10 bits per heavy atom. The van der Waals surface area contributed by atoms with Gasteiger partial charge in [-0.25, -0.2) is 0 Å². The van der Waals surface area contributed by atoms with E-state index < -0.39 is 0 Å². The molecule has 20 heavy (non-hydrogen) atoms. The summed E-state index contributed by atoms with van der Waals surface area (Å²) in [5.74, 6) is 0.0368. The molecule has 0 unspecified atom stereocenters. The summed E-state index contributed by atoms with van der Waals surface area (Å²) in [6, 6.07) is 13.2. The van der Waals surface area contributed by atoms with E-state index in [0.717, 1.165) is 16.9 Å². The van der Waals surface area contributed by atoms with Crippen LogP contribution in [0.2, 0.25) is 10.0 Å². The highest BCUT2D eigenvalue weighted by Gasteiger charge is 2.23. The zero-order chi connectivity index (χ0) is 14.1. The molecule has 0 fully saturated rings. The number of carbonyl (C=O) groups is 1. The molecule has 5 heteroatoms. The van der Waals surface area contributed by atoms with Crippen LogP contribution >= 0.6 is 23.2 Å². The van der Waals surface area contributed by atoms with Crippen molar-refractivity contribution in [2.24, 2.45) is 0 Å². The van der Waals surface area contributed by atoms with E-state index in [-0.39, 0.29) is 5.91 Å². The molecule has 0 atom stereocenters. The second-order valence-electron chi connectivity index (χ2n) is 4.60. The maximum Gasteiger partial charge on any atom is 0.246 e. The Hall–Kier alpha value is -1.71. The van der Waals surface area contributed by atoms with Crippen molar-refractivity contribution in [3.63, 3.8) is 0 Å². The van der Waals surface area contributed by atoms with Gasteiger partial charge in [0, 0.05) is 0 Å². The third-order valence-electron chi connectivity index (χ3n) is 3.25. The molecular formula is C15H12Cl2N2O. The van der Waals surface area contributed by atoms with E-state index in [1.807, 2.05) is 30.3 Å². The second-order valence-corrected chi connectivity index (χ2v) is 5.41. The number of nitrogens with one attached hydrogen (secondary N) is 1. The van der Waals surface area contributed by atoms with Crippen molar-refractivity contribution < 1.29 is 4.79 Å². The third kappa shape index (κ3) is 2.47. The number of halogens is 2. The Kier molecular flexibility index (Phi) is 3.55. The van der Waals surface area contributed by atoms with Gasteiger partial charge in [0.1, 0.15) is 0 Å². The van der Waals surface area contributed by atoms with Crippen LogP contribution in [0.3, 0.4) is 0 Å². The molecule has 102 valence electrons. The van der Waals surface area contributed by atoms with E-state index in [1.165, 1.54) is 0 Å². The van der Waals surface area contributed by atoms with Gasteiger partial charge >= 0.3 is 0 Å². The molecule has 3 rings (SSSR count). The van der Waals surface area contributed by atoms with Crippen LogP contribution in [0.4, 0.5) is 11.4 Å². The normalized spacial score (nSPS) is 13.9. The molecule has 1 aliphatic heterocycles. The van der Waals surface area contributed by atoms with Crippen LogP contribution in [0.15, 0.2) is 42.5 Å². The molecule has 2 aromatic rings. The maximum absolute atomic E-state index is 12.1. The van der Waals surface area contributed by atoms with Crippen LogP contribution in [0.1, 0.15) is 5.56 Å². The first kappa shape index (κ1) is 13.3. The fraction of sp³-hybridized carbons (Fsp3) is 0.133. The monoisotopic (exact) mass is 306 g/mol. The van der Waals surface area contributed by atoms with Crippen LogP contribution in [0.25, 0.3) is 0 Å². The molecule has 0 bridgehead atoms. The summed E-state index contributed by atoms with van der Waals surface area (Å²) in [6.45, 7) is 0.784. The Labute approximate surface area is 127 Å². The molecule has 0 radical (unpaired) electrons. The fourth-order valence-electron chi connectivity index (χ4n) is 2.25. The first-order valence-electron chi connectivity index (χ1n) is 6.22. The molecule has 0 spiro atoms. The fourth-order valence-corrected chi connectivity index (χ4v) is 2.57. The molecule has 1 aliphatic rings. The summed E-state index contributed by atoms with van der Waals surface area (Å²) >= 11 is 11.9. The zero-order valence-corrected chi connectivity index (χ0v) is 12.1. The summed E-state index contributed by atoms with van der Waals surface area (Å²) in [4.78, 5) is 13.9. The van der Waals surface area contributed by atoms with Crippen LogP contribution in [-0.4, -0.2) is 12.5 Å². The molecule has 1 heterocycles. The minimum atomic E-state index is 0.0368. The first-order valence-corrected chi connectivity index (χ1v) is 6.98. The van der Waals surface area contributed by atoms with Gasteiger partial charge in [-0.15, -0.1) is 0 Å². The molecular weight excluding hydrogens is 295 g/mol. The number of anilines is 2. The predicted octanol–water partition coefficient (Wildman–Crippen LogP) is 3.95. The van der Waals surface area contributed by atoms with Crippen LogP contribution in [-0.2, 0) is 11.3 Å². The quantitative estimate of drug-likeness (QED) is 0.911. The highest BCUT2D eigenvalue weighted by molar-refractivity contribution is 6.42. The molecule has 0 aliphatic carbocycles. The maximum atomic E-state index is 12.1. The number of benzene rings is 2. The van der Waals surface area contributed by atoms with Crippen molar-refractivity contribution in [3.05, 3.63) is 58.1 Å². The number of amides is 1. The van der Waals surface area contributed by atoms with E-state index in [9.17, 15) is 4.79 Å². The van der Waals surface area contributed by atoms with Gasteiger partial charge in [-0.3, -0.25) is 4.79 Å². The average molecular weight is 307 g/mol. The number of fused-ring (bicyclic) bond motifs is 1. The van der Waals surface area contributed by atoms with E-state index in [4.69, 9.17) is 23.2 Å². The van der Waals surface area contributed by atoms with Gasteiger partial charge in [0.15, 0.2) is 0 Å². The molecule has 2 aromatic carbocycles. The van der Waals surface area contributed by atoms with Crippen molar-refractivity contribution in [1.29, 1.82) is 0 Å². The summed E-state index contributed by atoms with van der Waals surface area (Å²) < 4.78 is 0. The number of rotatable bonds is 2. The van der Waals surface area contributed by atoms with E-state index in [2.05, 4.69) is 5.32 Å². The number of carbonyl (C=O) groups excluding carboxylic acids is 1. The number of para-hydroxylation sites is 2. The molecule has 1 amide bonds. The average Bonchev–Trinajstić information content (AvgIpc) is 2.46. The van der Waals surface area contributed by atoms with Crippen molar-refractivity contribution in [2.45, 2.75) is 6.54 Å². The lowest BCUT2D eigenvalue weighted by Crippen LogP contribution is -2.39. The van der Waals surface area contributed by atoms with Gasteiger partial charge in [-0.2, -0.15) is 0 Å². The lowest BCUT2D eigenvalue weighted by Gasteiger charge is -2.30. The smallest absolute Gasteiger partial charge is 0.246 e. The number of nitrogens with zero attached hydrogens (tertiary/aromatic N) is 1. The van der Waals surface area contributed by atoms with E-state index >= 15 is 0 Å². The van der Waals surface area contributed by atoms with E-state index in [1.54, 1.807) is 17.0 Å². The van der Waals surface area contributed by atoms with Crippen LogP contribution < -0.4 is 10.2 Å². The molecule has 0 saturated carbocycles. The lowest BCUT2D eigenvalue weighted by molar-refractivity contribution is -0.117. The minimum Gasteiger partial charge on any atom is -0.374 e. The van der Waals surface area contributed by atoms with Gasteiger partial charge in [0.25, 0.3) is 0 Å². The van der Waals surface area contributed by atoms with Gasteiger partial charge in [0.2, 0.25) is 5.91 Å². The molecule has 0 saturated heterocycles.